The van der Waals surface area contributed by atoms with E-state index in [1.165, 1.54) is 0 Å². The van der Waals surface area contributed by atoms with Gasteiger partial charge in [0.15, 0.2) is 0 Å². The molecular formula is C27H36N2O5. The summed E-state index contributed by atoms with van der Waals surface area (Å²) in [6.45, 7) is 7.12. The molecule has 0 saturated carbocycles. The van der Waals surface area contributed by atoms with Crippen LogP contribution in [0.2, 0.25) is 0 Å². The van der Waals surface area contributed by atoms with Crippen LogP contribution in [0.1, 0.15) is 30.4 Å². The van der Waals surface area contributed by atoms with Crippen LogP contribution in [0.3, 0.4) is 0 Å². The highest BCUT2D eigenvalue weighted by Crippen LogP contribution is 2.21. The van der Waals surface area contributed by atoms with Crippen LogP contribution in [0.5, 0.6) is 11.5 Å². The smallest absolute Gasteiger partial charge is 0.222 e. The van der Waals surface area contributed by atoms with Crippen LogP contribution in [0.15, 0.2) is 48.5 Å². The Labute approximate surface area is 202 Å². The Morgan fingerprint density at radius 3 is 2.71 bits per heavy atom. The number of β-amino-alcohol motifs (C(OH)–C–C–N with tert-alkyl or cyclic N) is 1. The first-order chi connectivity index (χ1) is 16.5. The summed E-state index contributed by atoms with van der Waals surface area (Å²) in [5.74, 6) is 1.84. The Morgan fingerprint density at radius 2 is 1.91 bits per heavy atom. The molecular weight excluding hydrogens is 432 g/mol. The summed E-state index contributed by atoms with van der Waals surface area (Å²) in [7, 11) is 0. The van der Waals surface area contributed by atoms with Gasteiger partial charge in [-0.15, -0.1) is 0 Å². The zero-order valence-corrected chi connectivity index (χ0v) is 20.1. The molecule has 0 unspecified atom stereocenters. The first-order valence-electron chi connectivity index (χ1n) is 12.2. The van der Waals surface area contributed by atoms with Crippen LogP contribution >= 0.6 is 0 Å². The third-order valence-electron chi connectivity index (χ3n) is 6.25. The lowest BCUT2D eigenvalue weighted by Gasteiger charge is -2.30. The van der Waals surface area contributed by atoms with Gasteiger partial charge in [0.1, 0.15) is 23.7 Å². The fraction of sp³-hybridized carbons (Fsp3) is 0.519. The van der Waals surface area contributed by atoms with Crippen molar-refractivity contribution in [2.24, 2.45) is 0 Å². The third kappa shape index (κ3) is 7.19. The van der Waals surface area contributed by atoms with Gasteiger partial charge < -0.3 is 24.2 Å². The molecule has 0 radical (unpaired) electrons. The summed E-state index contributed by atoms with van der Waals surface area (Å²) in [6, 6.07) is 15.9. The van der Waals surface area contributed by atoms with E-state index >= 15 is 0 Å². The molecule has 0 aliphatic carbocycles. The Kier molecular flexibility index (Phi) is 8.43. The molecule has 0 bridgehead atoms. The fourth-order valence-electron chi connectivity index (χ4n) is 4.52. The third-order valence-corrected chi connectivity index (χ3v) is 6.25. The van der Waals surface area contributed by atoms with Crippen LogP contribution in [-0.2, 0) is 16.1 Å². The van der Waals surface area contributed by atoms with E-state index in [1.807, 2.05) is 48.2 Å². The minimum Gasteiger partial charge on any atom is -0.494 e. The Balaban J connectivity index is 1.27. The lowest BCUT2D eigenvalue weighted by Crippen LogP contribution is -2.48. The van der Waals surface area contributed by atoms with Crippen molar-refractivity contribution in [2.45, 2.75) is 38.3 Å². The highest BCUT2D eigenvalue weighted by atomic mass is 16.5. The normalized spacial score (nSPS) is 21.5. The summed E-state index contributed by atoms with van der Waals surface area (Å²) in [4.78, 5) is 15.8. The van der Waals surface area contributed by atoms with Crippen molar-refractivity contribution < 1.29 is 24.1 Å². The van der Waals surface area contributed by atoms with Gasteiger partial charge in [-0.25, -0.2) is 0 Å². The lowest BCUT2D eigenvalue weighted by molar-refractivity contribution is -0.127. The molecule has 4 rings (SSSR count). The second kappa shape index (κ2) is 11.7. The van der Waals surface area contributed by atoms with Crippen molar-refractivity contribution in [2.75, 3.05) is 52.6 Å². The number of hydrogen-bond donors (Lipinski definition) is 1. The quantitative estimate of drug-likeness (QED) is 0.541. The van der Waals surface area contributed by atoms with Crippen LogP contribution < -0.4 is 9.47 Å². The molecule has 2 aromatic rings. The topological polar surface area (TPSA) is 71.5 Å². The van der Waals surface area contributed by atoms with Gasteiger partial charge in [-0.3, -0.25) is 9.69 Å². The SMILES string of the molecule is Cc1cccc(OC[C@]2(O)COCCN(Cc3cccc(OCCCN4CCCC4=O)c3)C2)c1. The molecule has 184 valence electrons. The van der Waals surface area contributed by atoms with Gasteiger partial charge in [-0.1, -0.05) is 24.3 Å². The molecule has 2 heterocycles. The molecule has 7 heteroatoms. The van der Waals surface area contributed by atoms with Crippen LogP contribution in [0, 0.1) is 6.92 Å². The van der Waals surface area contributed by atoms with Crippen molar-refractivity contribution in [3.63, 3.8) is 0 Å². The highest BCUT2D eigenvalue weighted by molar-refractivity contribution is 5.77. The number of likely N-dealkylation sites (tertiary alicyclic amines) is 1. The first-order valence-corrected chi connectivity index (χ1v) is 12.2. The van der Waals surface area contributed by atoms with E-state index in [9.17, 15) is 9.90 Å². The van der Waals surface area contributed by atoms with Crippen LogP contribution in [0.25, 0.3) is 0 Å². The summed E-state index contributed by atoms with van der Waals surface area (Å²) >= 11 is 0. The number of amides is 1. The molecule has 2 fully saturated rings. The molecule has 7 nitrogen and oxygen atoms in total. The maximum Gasteiger partial charge on any atom is 0.222 e. The molecule has 1 N–H and O–H groups in total. The summed E-state index contributed by atoms with van der Waals surface area (Å²) in [5, 5.41) is 11.2. The van der Waals surface area contributed by atoms with E-state index in [1.54, 1.807) is 0 Å². The Morgan fingerprint density at radius 1 is 1.09 bits per heavy atom. The number of ether oxygens (including phenoxy) is 3. The zero-order valence-electron chi connectivity index (χ0n) is 20.1. The Bertz CT molecular complexity index is 952. The highest BCUT2D eigenvalue weighted by Gasteiger charge is 2.33. The van der Waals surface area contributed by atoms with Gasteiger partial charge in [-0.2, -0.15) is 0 Å². The van der Waals surface area contributed by atoms with Gasteiger partial charge in [-0.05, 0) is 55.2 Å². The molecule has 2 aliphatic heterocycles. The summed E-state index contributed by atoms with van der Waals surface area (Å²) < 4.78 is 17.5. The largest absolute Gasteiger partial charge is 0.494 e. The minimum atomic E-state index is -1.08. The maximum atomic E-state index is 11.7. The molecule has 1 amide bonds. The minimum absolute atomic E-state index is 0.176. The maximum absolute atomic E-state index is 11.7. The first kappa shape index (κ1) is 24.5. The van der Waals surface area contributed by atoms with Crippen LogP contribution in [-0.4, -0.2) is 79.0 Å². The van der Waals surface area contributed by atoms with Crippen molar-refractivity contribution in [3.05, 3.63) is 59.7 Å². The molecule has 2 aromatic carbocycles. The van der Waals surface area contributed by atoms with Gasteiger partial charge >= 0.3 is 0 Å². The van der Waals surface area contributed by atoms with Gasteiger partial charge in [0.05, 0.1) is 19.8 Å². The second-order valence-corrected chi connectivity index (χ2v) is 9.43. The van der Waals surface area contributed by atoms with E-state index < -0.39 is 5.60 Å². The molecule has 0 spiro atoms. The number of carbonyl (C=O) groups excluding carboxylic acids is 1. The molecule has 2 saturated heterocycles. The predicted molar refractivity (Wildman–Crippen MR) is 130 cm³/mol. The van der Waals surface area contributed by atoms with E-state index in [0.717, 1.165) is 55.1 Å². The van der Waals surface area contributed by atoms with Gasteiger partial charge in [0.2, 0.25) is 5.91 Å². The average molecular weight is 469 g/mol. The van der Waals surface area contributed by atoms with Gasteiger partial charge in [0.25, 0.3) is 0 Å². The molecule has 34 heavy (non-hydrogen) atoms. The summed E-state index contributed by atoms with van der Waals surface area (Å²) in [6.07, 6.45) is 2.47. The van der Waals surface area contributed by atoms with Crippen molar-refractivity contribution in [1.29, 1.82) is 0 Å². The molecule has 1 atom stereocenters. The van der Waals surface area contributed by atoms with Crippen molar-refractivity contribution in [3.8, 4) is 11.5 Å². The summed E-state index contributed by atoms with van der Waals surface area (Å²) in [5.41, 5.74) is 1.16. The zero-order chi connectivity index (χ0) is 23.8. The lowest BCUT2D eigenvalue weighted by atomic mass is 10.1. The number of benzene rings is 2. The number of hydrogen-bond acceptors (Lipinski definition) is 6. The second-order valence-electron chi connectivity index (χ2n) is 9.43. The van der Waals surface area contributed by atoms with Crippen molar-refractivity contribution >= 4 is 5.91 Å². The van der Waals surface area contributed by atoms with Gasteiger partial charge in [0, 0.05) is 39.1 Å². The number of carbonyl (C=O) groups is 1. The van der Waals surface area contributed by atoms with E-state index in [2.05, 4.69) is 17.0 Å². The number of rotatable bonds is 10. The van der Waals surface area contributed by atoms with Crippen LogP contribution in [0.4, 0.5) is 0 Å². The standard InChI is InChI=1S/C27H36N2O5/c1-22-6-2-8-24(16-22)34-21-27(31)19-28(13-15-32-20-27)18-23-7-3-9-25(17-23)33-14-5-12-29-11-4-10-26(29)30/h2-3,6-9,16-17,31H,4-5,10-15,18-21H2,1H3/t27-/m1/s1. The van der Waals surface area contributed by atoms with Crippen molar-refractivity contribution in [1.82, 2.24) is 9.80 Å². The van der Waals surface area contributed by atoms with E-state index in [0.29, 0.717) is 32.7 Å². The van der Waals surface area contributed by atoms with E-state index in [-0.39, 0.29) is 19.1 Å². The predicted octanol–water partition coefficient (Wildman–Crippen LogP) is 3.03. The average Bonchev–Trinajstić information content (AvgIpc) is 3.13. The Hall–Kier alpha value is -2.61. The number of aryl methyl sites for hydroxylation is 1. The monoisotopic (exact) mass is 468 g/mol. The van der Waals surface area contributed by atoms with E-state index in [4.69, 9.17) is 14.2 Å². The fourth-order valence-corrected chi connectivity index (χ4v) is 4.52. The number of aliphatic hydroxyl groups is 1. The number of nitrogens with zero attached hydrogens (tertiary/aromatic N) is 2. The molecule has 0 aromatic heterocycles. The molecule has 2 aliphatic rings.